The Balaban J connectivity index is 2.87. The second-order valence-corrected chi connectivity index (χ2v) is 4.57. The van der Waals surface area contributed by atoms with Crippen molar-refractivity contribution in [1.29, 1.82) is 0 Å². The fourth-order valence-electron chi connectivity index (χ4n) is 2.28. The van der Waals surface area contributed by atoms with E-state index < -0.39 is 0 Å². The molecule has 0 aliphatic carbocycles. The van der Waals surface area contributed by atoms with Crippen LogP contribution in [0.4, 0.5) is 5.82 Å². The summed E-state index contributed by atoms with van der Waals surface area (Å²) in [5, 5.41) is 7.95. The van der Waals surface area contributed by atoms with Crippen molar-refractivity contribution in [1.82, 2.24) is 15.1 Å². The van der Waals surface area contributed by atoms with Gasteiger partial charge in [-0.1, -0.05) is 6.92 Å². The molecule has 0 aliphatic rings. The van der Waals surface area contributed by atoms with Gasteiger partial charge in [0.2, 0.25) is 0 Å². The molecule has 1 N–H and O–H groups in total. The lowest BCUT2D eigenvalue weighted by Gasteiger charge is -2.24. The minimum atomic E-state index is 0.759. The molecule has 0 saturated heterocycles. The third kappa shape index (κ3) is 4.21. The Kier molecular flexibility index (Phi) is 6.87. The molecule has 19 heavy (non-hydrogen) atoms. The molecule has 5 heteroatoms. The Morgan fingerprint density at radius 3 is 2.63 bits per heavy atom. The van der Waals surface area contributed by atoms with Crippen molar-refractivity contribution in [2.45, 2.75) is 34.2 Å². The summed E-state index contributed by atoms with van der Waals surface area (Å²) in [5.74, 6) is 1.21. The Hall–Kier alpha value is -1.07. The molecule has 1 aromatic heterocycles. The minimum absolute atomic E-state index is 0.759. The quantitative estimate of drug-likeness (QED) is 0.692. The third-order valence-corrected chi connectivity index (χ3v) is 3.26. The predicted molar refractivity (Wildman–Crippen MR) is 79.7 cm³/mol. The fourth-order valence-corrected chi connectivity index (χ4v) is 2.28. The number of likely N-dealkylation sites (N-methyl/N-ethyl adjacent to an activating group) is 1. The summed E-state index contributed by atoms with van der Waals surface area (Å²) in [4.78, 5) is 2.34. The summed E-state index contributed by atoms with van der Waals surface area (Å²) >= 11 is 0. The van der Waals surface area contributed by atoms with Crippen LogP contribution in [0.3, 0.4) is 0 Å². The summed E-state index contributed by atoms with van der Waals surface area (Å²) in [5.41, 5.74) is 2.40. The average molecular weight is 268 g/mol. The predicted octanol–water partition coefficient (Wildman–Crippen LogP) is 1.70. The number of hydrogen-bond acceptors (Lipinski definition) is 4. The molecule has 0 amide bonds. The van der Waals surface area contributed by atoms with Crippen molar-refractivity contribution in [2.75, 3.05) is 37.7 Å². The minimum Gasteiger partial charge on any atom is -0.380 e. The number of anilines is 1. The van der Waals surface area contributed by atoms with Gasteiger partial charge < -0.3 is 15.0 Å². The second-order valence-electron chi connectivity index (χ2n) is 4.57. The number of aromatic nitrogens is 2. The van der Waals surface area contributed by atoms with Crippen LogP contribution in [0.2, 0.25) is 0 Å². The summed E-state index contributed by atoms with van der Waals surface area (Å²) in [7, 11) is 2.01. The lowest BCUT2D eigenvalue weighted by molar-refractivity contribution is 0.153. The maximum absolute atomic E-state index is 5.47. The lowest BCUT2D eigenvalue weighted by Crippen LogP contribution is -2.30. The average Bonchev–Trinajstić information content (AvgIpc) is 2.67. The second kappa shape index (κ2) is 8.17. The van der Waals surface area contributed by atoms with E-state index in [9.17, 15) is 0 Å². The highest BCUT2D eigenvalue weighted by Crippen LogP contribution is 2.22. The van der Waals surface area contributed by atoms with E-state index in [1.165, 1.54) is 11.4 Å². The number of ether oxygens (including phenoxy) is 1. The van der Waals surface area contributed by atoms with Gasteiger partial charge in [-0.25, -0.2) is 0 Å². The molecule has 1 aromatic rings. The Morgan fingerprint density at radius 2 is 2.05 bits per heavy atom. The van der Waals surface area contributed by atoms with Gasteiger partial charge in [0.05, 0.1) is 12.3 Å². The number of nitrogens with one attached hydrogen (secondary N) is 1. The van der Waals surface area contributed by atoms with E-state index in [0.29, 0.717) is 0 Å². The first-order valence-corrected chi connectivity index (χ1v) is 7.21. The maximum atomic E-state index is 5.47. The van der Waals surface area contributed by atoms with E-state index in [-0.39, 0.29) is 0 Å². The van der Waals surface area contributed by atoms with Crippen molar-refractivity contribution in [2.24, 2.45) is 7.05 Å². The normalized spacial score (nSPS) is 11.0. The van der Waals surface area contributed by atoms with Crippen LogP contribution >= 0.6 is 0 Å². The van der Waals surface area contributed by atoms with E-state index in [0.717, 1.165) is 45.1 Å². The van der Waals surface area contributed by atoms with Crippen LogP contribution in [0.15, 0.2) is 0 Å². The SMILES string of the molecule is CCNCc1c(C)nn(C)c1N(CC)CCOCC. The van der Waals surface area contributed by atoms with Gasteiger partial charge in [0, 0.05) is 38.9 Å². The summed E-state index contributed by atoms with van der Waals surface area (Å²) in [6.07, 6.45) is 0. The van der Waals surface area contributed by atoms with Crippen molar-refractivity contribution in [3.05, 3.63) is 11.3 Å². The molecule has 0 radical (unpaired) electrons. The molecule has 0 saturated carbocycles. The fraction of sp³-hybridized carbons (Fsp3) is 0.786. The van der Waals surface area contributed by atoms with Crippen LogP contribution in [-0.4, -0.2) is 42.6 Å². The first kappa shape index (κ1) is 16.0. The summed E-state index contributed by atoms with van der Waals surface area (Å²) < 4.78 is 7.45. The molecule has 1 heterocycles. The van der Waals surface area contributed by atoms with E-state index >= 15 is 0 Å². The van der Waals surface area contributed by atoms with Gasteiger partial charge in [-0.15, -0.1) is 0 Å². The lowest BCUT2D eigenvalue weighted by atomic mass is 10.2. The van der Waals surface area contributed by atoms with Gasteiger partial charge in [0.1, 0.15) is 5.82 Å². The number of hydrogen-bond donors (Lipinski definition) is 1. The smallest absolute Gasteiger partial charge is 0.131 e. The molecular formula is C14H28N4O. The molecule has 0 aliphatic heterocycles. The number of aryl methyl sites for hydroxylation is 2. The van der Waals surface area contributed by atoms with E-state index in [1.807, 2.05) is 18.7 Å². The van der Waals surface area contributed by atoms with Crippen LogP contribution < -0.4 is 10.2 Å². The highest BCUT2D eigenvalue weighted by molar-refractivity contribution is 5.50. The van der Waals surface area contributed by atoms with Gasteiger partial charge in [-0.3, -0.25) is 4.68 Å². The van der Waals surface area contributed by atoms with Gasteiger partial charge in [-0.2, -0.15) is 5.10 Å². The van der Waals surface area contributed by atoms with Gasteiger partial charge >= 0.3 is 0 Å². The van der Waals surface area contributed by atoms with E-state index in [1.54, 1.807) is 0 Å². The Labute approximate surface area is 116 Å². The third-order valence-electron chi connectivity index (χ3n) is 3.26. The van der Waals surface area contributed by atoms with Gasteiger partial charge in [-0.05, 0) is 27.3 Å². The molecular weight excluding hydrogens is 240 g/mol. The molecule has 0 spiro atoms. The monoisotopic (exact) mass is 268 g/mol. The molecule has 0 bridgehead atoms. The first-order valence-electron chi connectivity index (χ1n) is 7.21. The molecule has 110 valence electrons. The molecule has 0 unspecified atom stereocenters. The van der Waals surface area contributed by atoms with Gasteiger partial charge in [0.25, 0.3) is 0 Å². The summed E-state index contributed by atoms with van der Waals surface area (Å²) in [6, 6.07) is 0. The Bertz CT molecular complexity index is 376. The zero-order chi connectivity index (χ0) is 14.3. The molecule has 0 fully saturated rings. The molecule has 0 atom stereocenters. The van der Waals surface area contributed by atoms with Crippen LogP contribution in [0.5, 0.6) is 0 Å². The summed E-state index contributed by atoms with van der Waals surface area (Å²) in [6.45, 7) is 13.6. The van der Waals surface area contributed by atoms with Crippen molar-refractivity contribution in [3.63, 3.8) is 0 Å². The van der Waals surface area contributed by atoms with E-state index in [4.69, 9.17) is 4.74 Å². The van der Waals surface area contributed by atoms with Gasteiger partial charge in [0.15, 0.2) is 0 Å². The number of rotatable bonds is 9. The largest absolute Gasteiger partial charge is 0.380 e. The zero-order valence-corrected chi connectivity index (χ0v) is 13.0. The molecule has 0 aromatic carbocycles. The highest BCUT2D eigenvalue weighted by Gasteiger charge is 2.17. The van der Waals surface area contributed by atoms with Crippen molar-refractivity contribution in [3.8, 4) is 0 Å². The van der Waals surface area contributed by atoms with Crippen LogP contribution in [0, 0.1) is 6.92 Å². The van der Waals surface area contributed by atoms with Crippen molar-refractivity contribution >= 4 is 5.82 Å². The number of nitrogens with zero attached hydrogens (tertiary/aromatic N) is 3. The first-order chi connectivity index (χ1) is 9.15. The maximum Gasteiger partial charge on any atom is 0.131 e. The molecule has 1 rings (SSSR count). The van der Waals surface area contributed by atoms with E-state index in [2.05, 4.69) is 36.1 Å². The van der Waals surface area contributed by atoms with Crippen LogP contribution in [0.25, 0.3) is 0 Å². The van der Waals surface area contributed by atoms with Crippen LogP contribution in [-0.2, 0) is 18.3 Å². The van der Waals surface area contributed by atoms with Crippen molar-refractivity contribution < 1.29 is 4.74 Å². The molecule has 5 nitrogen and oxygen atoms in total. The highest BCUT2D eigenvalue weighted by atomic mass is 16.5. The topological polar surface area (TPSA) is 42.3 Å². The standard InChI is InChI=1S/C14H28N4O/c1-6-15-11-13-12(4)16-17(5)14(13)18(7-2)9-10-19-8-3/h15H,6-11H2,1-5H3. The van der Waals surface area contributed by atoms with Crippen LogP contribution in [0.1, 0.15) is 32.0 Å². The Morgan fingerprint density at radius 1 is 1.32 bits per heavy atom. The zero-order valence-electron chi connectivity index (χ0n) is 13.0.